The number of halogens is 2. The molecule has 1 atom stereocenters. The lowest BCUT2D eigenvalue weighted by Gasteiger charge is -2.14. The Labute approximate surface area is 110 Å². The van der Waals surface area contributed by atoms with Gasteiger partial charge in [0.25, 0.3) is 0 Å². The van der Waals surface area contributed by atoms with Crippen molar-refractivity contribution in [2.45, 2.75) is 25.9 Å². The van der Waals surface area contributed by atoms with E-state index >= 15 is 0 Å². The van der Waals surface area contributed by atoms with Crippen molar-refractivity contribution in [3.05, 3.63) is 53.4 Å². The van der Waals surface area contributed by atoms with Crippen LogP contribution in [0.15, 0.2) is 30.6 Å². The highest BCUT2D eigenvalue weighted by atomic mass is 19.2. The number of hydrazine groups is 1. The Hall–Kier alpha value is -1.79. The first-order valence-corrected chi connectivity index (χ1v) is 6.07. The quantitative estimate of drug-likeness (QED) is 0.642. The Bertz CT molecular complexity index is 553. The number of nitrogens with one attached hydrogen (secondary N) is 1. The van der Waals surface area contributed by atoms with Gasteiger partial charge in [-0.2, -0.15) is 5.10 Å². The van der Waals surface area contributed by atoms with Gasteiger partial charge in [0.1, 0.15) is 0 Å². The van der Waals surface area contributed by atoms with Crippen molar-refractivity contribution in [3.8, 4) is 0 Å². The molecule has 1 unspecified atom stereocenters. The Morgan fingerprint density at radius 1 is 1.42 bits per heavy atom. The van der Waals surface area contributed by atoms with Crippen molar-refractivity contribution in [2.75, 3.05) is 0 Å². The molecule has 19 heavy (non-hydrogen) atoms. The number of hydrogen-bond donors (Lipinski definition) is 2. The molecule has 0 radical (unpaired) electrons. The number of nitrogens with two attached hydrogens (primary N) is 1. The van der Waals surface area contributed by atoms with E-state index in [4.69, 9.17) is 5.84 Å². The summed E-state index contributed by atoms with van der Waals surface area (Å²) in [5.74, 6) is 3.81. The summed E-state index contributed by atoms with van der Waals surface area (Å²) < 4.78 is 28.5. The van der Waals surface area contributed by atoms with Crippen LogP contribution in [0.5, 0.6) is 0 Å². The minimum absolute atomic E-state index is 0.259. The zero-order chi connectivity index (χ0) is 13.8. The van der Waals surface area contributed by atoms with Crippen molar-refractivity contribution < 1.29 is 8.78 Å². The molecule has 0 fully saturated rings. The third-order valence-corrected chi connectivity index (χ3v) is 3.04. The van der Waals surface area contributed by atoms with E-state index in [2.05, 4.69) is 10.5 Å². The van der Waals surface area contributed by atoms with Crippen LogP contribution in [0.1, 0.15) is 24.1 Å². The van der Waals surface area contributed by atoms with Gasteiger partial charge in [0.05, 0.1) is 12.2 Å². The van der Waals surface area contributed by atoms with Crippen molar-refractivity contribution in [1.29, 1.82) is 0 Å². The minimum atomic E-state index is -0.850. The van der Waals surface area contributed by atoms with Crippen LogP contribution in [0.4, 0.5) is 8.78 Å². The predicted molar refractivity (Wildman–Crippen MR) is 68.0 cm³/mol. The molecule has 2 aromatic rings. The third kappa shape index (κ3) is 2.97. The van der Waals surface area contributed by atoms with Crippen LogP contribution >= 0.6 is 0 Å². The Morgan fingerprint density at radius 2 is 2.21 bits per heavy atom. The first-order valence-electron chi connectivity index (χ1n) is 6.07. The van der Waals surface area contributed by atoms with Gasteiger partial charge in [-0.05, 0) is 25.0 Å². The van der Waals surface area contributed by atoms with Crippen LogP contribution in [0, 0.1) is 11.6 Å². The van der Waals surface area contributed by atoms with Gasteiger partial charge >= 0.3 is 0 Å². The maximum Gasteiger partial charge on any atom is 0.162 e. The number of aromatic nitrogens is 2. The van der Waals surface area contributed by atoms with Crippen molar-refractivity contribution in [1.82, 2.24) is 15.2 Å². The Balaban J connectivity index is 2.21. The highest BCUT2D eigenvalue weighted by molar-refractivity contribution is 5.23. The van der Waals surface area contributed by atoms with Gasteiger partial charge in [0.2, 0.25) is 0 Å². The van der Waals surface area contributed by atoms with Crippen LogP contribution in [-0.4, -0.2) is 9.78 Å². The summed E-state index contributed by atoms with van der Waals surface area (Å²) in [6, 6.07) is 3.82. The molecular weight excluding hydrogens is 250 g/mol. The van der Waals surface area contributed by atoms with Gasteiger partial charge in [-0.1, -0.05) is 12.1 Å². The van der Waals surface area contributed by atoms with E-state index in [0.717, 1.165) is 18.2 Å². The lowest BCUT2D eigenvalue weighted by molar-refractivity contribution is 0.481. The molecule has 102 valence electrons. The second kappa shape index (κ2) is 5.90. The van der Waals surface area contributed by atoms with Gasteiger partial charge in [-0.15, -0.1) is 0 Å². The predicted octanol–water partition coefficient (Wildman–Crippen LogP) is 1.93. The first kappa shape index (κ1) is 13.6. The molecule has 1 aromatic carbocycles. The fourth-order valence-corrected chi connectivity index (χ4v) is 1.93. The number of rotatable bonds is 5. The molecular formula is C13H16F2N4. The second-order valence-electron chi connectivity index (χ2n) is 4.27. The summed E-state index contributed by atoms with van der Waals surface area (Å²) >= 11 is 0. The maximum atomic E-state index is 13.6. The molecule has 3 N–H and O–H groups in total. The standard InChI is InChI=1S/C13H16F2N4/c1-2-19-8-10(7-17-19)12(18-16)6-9-4-3-5-11(14)13(9)15/h3-5,7-8,12,18H,2,6,16H2,1H3. The van der Waals surface area contributed by atoms with Gasteiger partial charge < -0.3 is 0 Å². The molecule has 0 aliphatic carbocycles. The third-order valence-electron chi connectivity index (χ3n) is 3.04. The van der Waals surface area contributed by atoms with Crippen LogP contribution in [0.25, 0.3) is 0 Å². The molecule has 0 bridgehead atoms. The normalized spacial score (nSPS) is 12.6. The monoisotopic (exact) mass is 266 g/mol. The van der Waals surface area contributed by atoms with Crippen LogP contribution in [-0.2, 0) is 13.0 Å². The topological polar surface area (TPSA) is 55.9 Å². The SMILES string of the molecule is CCn1cc(C(Cc2cccc(F)c2F)NN)cn1. The maximum absolute atomic E-state index is 13.6. The largest absolute Gasteiger partial charge is 0.273 e. The average Bonchev–Trinajstić information content (AvgIpc) is 2.89. The van der Waals surface area contributed by atoms with Gasteiger partial charge in [0.15, 0.2) is 11.6 Å². The smallest absolute Gasteiger partial charge is 0.162 e. The van der Waals surface area contributed by atoms with Crippen LogP contribution < -0.4 is 11.3 Å². The van der Waals surface area contributed by atoms with E-state index in [1.165, 1.54) is 6.07 Å². The average molecular weight is 266 g/mol. The minimum Gasteiger partial charge on any atom is -0.273 e. The molecule has 0 aliphatic heterocycles. The molecule has 0 aliphatic rings. The molecule has 0 amide bonds. The number of nitrogens with zero attached hydrogens (tertiary/aromatic N) is 2. The highest BCUT2D eigenvalue weighted by Gasteiger charge is 2.16. The van der Waals surface area contributed by atoms with Crippen molar-refractivity contribution in [3.63, 3.8) is 0 Å². The fourth-order valence-electron chi connectivity index (χ4n) is 1.93. The molecule has 0 saturated heterocycles. The Morgan fingerprint density at radius 3 is 2.84 bits per heavy atom. The lowest BCUT2D eigenvalue weighted by atomic mass is 10.0. The van der Waals surface area contributed by atoms with Crippen molar-refractivity contribution in [2.24, 2.45) is 5.84 Å². The van der Waals surface area contributed by atoms with Gasteiger partial charge in [-0.25, -0.2) is 8.78 Å². The van der Waals surface area contributed by atoms with Crippen LogP contribution in [0.3, 0.4) is 0 Å². The molecule has 1 aromatic heterocycles. The zero-order valence-electron chi connectivity index (χ0n) is 10.6. The summed E-state index contributed by atoms with van der Waals surface area (Å²) in [4.78, 5) is 0. The molecule has 4 nitrogen and oxygen atoms in total. The first-order chi connectivity index (χ1) is 9.15. The number of benzene rings is 1. The summed E-state index contributed by atoms with van der Waals surface area (Å²) in [6.07, 6.45) is 3.77. The summed E-state index contributed by atoms with van der Waals surface area (Å²) in [5.41, 5.74) is 3.73. The molecule has 1 heterocycles. The lowest BCUT2D eigenvalue weighted by Crippen LogP contribution is -2.29. The van der Waals surface area contributed by atoms with Crippen molar-refractivity contribution >= 4 is 0 Å². The van der Waals surface area contributed by atoms with E-state index in [1.807, 2.05) is 13.1 Å². The summed E-state index contributed by atoms with van der Waals surface area (Å²) in [5, 5.41) is 4.14. The number of aryl methyl sites for hydroxylation is 1. The fraction of sp³-hybridized carbons (Fsp3) is 0.308. The van der Waals surface area contributed by atoms with Crippen LogP contribution in [0.2, 0.25) is 0 Å². The van der Waals surface area contributed by atoms with E-state index in [-0.39, 0.29) is 18.0 Å². The van der Waals surface area contributed by atoms with E-state index < -0.39 is 11.6 Å². The second-order valence-corrected chi connectivity index (χ2v) is 4.27. The Kier molecular flexibility index (Phi) is 4.24. The summed E-state index contributed by atoms with van der Waals surface area (Å²) in [6.45, 7) is 2.71. The zero-order valence-corrected chi connectivity index (χ0v) is 10.6. The number of hydrogen-bond acceptors (Lipinski definition) is 3. The molecule has 6 heteroatoms. The van der Waals surface area contributed by atoms with E-state index in [0.29, 0.717) is 0 Å². The molecule has 2 rings (SSSR count). The van der Waals surface area contributed by atoms with Gasteiger partial charge in [0, 0.05) is 18.3 Å². The van der Waals surface area contributed by atoms with E-state index in [9.17, 15) is 8.78 Å². The molecule has 0 saturated carbocycles. The van der Waals surface area contributed by atoms with Gasteiger partial charge in [-0.3, -0.25) is 16.0 Å². The highest BCUT2D eigenvalue weighted by Crippen LogP contribution is 2.20. The molecule has 0 spiro atoms. The summed E-state index contributed by atoms with van der Waals surface area (Å²) in [7, 11) is 0. The van der Waals surface area contributed by atoms with E-state index in [1.54, 1.807) is 16.9 Å².